The van der Waals surface area contributed by atoms with Crippen LogP contribution in [0, 0.1) is 6.92 Å². The van der Waals surface area contributed by atoms with E-state index in [1.165, 1.54) is 19.3 Å². The zero-order valence-electron chi connectivity index (χ0n) is 17.9. The molecule has 1 aliphatic rings. The van der Waals surface area contributed by atoms with Crippen molar-refractivity contribution in [3.63, 3.8) is 0 Å². The second-order valence-corrected chi connectivity index (χ2v) is 7.79. The van der Waals surface area contributed by atoms with E-state index in [1.807, 2.05) is 31.2 Å². The van der Waals surface area contributed by atoms with Crippen molar-refractivity contribution < 1.29 is 14.0 Å². The molecule has 1 atom stereocenters. The zero-order chi connectivity index (χ0) is 20.9. The van der Waals surface area contributed by atoms with Crippen molar-refractivity contribution in [1.82, 2.24) is 15.0 Å². The number of rotatable bonds is 6. The fourth-order valence-electron chi connectivity index (χ4n) is 4.16. The number of methoxy groups -OCH3 is 2. The number of likely N-dealkylation sites (tertiary alicyclic amines) is 1. The van der Waals surface area contributed by atoms with Crippen LogP contribution in [0.15, 0.2) is 47.0 Å². The van der Waals surface area contributed by atoms with Gasteiger partial charge in [0.2, 0.25) is 0 Å². The molecule has 0 spiro atoms. The average molecular weight is 408 g/mol. The molecule has 0 radical (unpaired) electrons. The Bertz CT molecular complexity index is 985. The molecule has 1 fully saturated rings. The number of nitrogens with zero attached hydrogens (tertiary/aromatic N) is 3. The van der Waals surface area contributed by atoms with Crippen molar-refractivity contribution in [3.05, 3.63) is 59.5 Å². The Kier molecular flexibility index (Phi) is 6.33. The van der Waals surface area contributed by atoms with Crippen molar-refractivity contribution in [2.24, 2.45) is 0 Å². The van der Waals surface area contributed by atoms with Gasteiger partial charge in [0.1, 0.15) is 5.69 Å². The number of hydrogen-bond donors (Lipinski definition) is 0. The van der Waals surface area contributed by atoms with Gasteiger partial charge in [0.25, 0.3) is 0 Å². The second kappa shape index (κ2) is 9.30. The van der Waals surface area contributed by atoms with Crippen molar-refractivity contribution in [3.8, 4) is 22.8 Å². The first-order chi connectivity index (χ1) is 14.7. The highest BCUT2D eigenvalue weighted by molar-refractivity contribution is 5.62. The lowest BCUT2D eigenvalue weighted by Crippen LogP contribution is -2.28. The molecule has 30 heavy (non-hydrogen) atoms. The van der Waals surface area contributed by atoms with E-state index in [4.69, 9.17) is 19.0 Å². The van der Waals surface area contributed by atoms with E-state index in [0.29, 0.717) is 11.5 Å². The van der Waals surface area contributed by atoms with Crippen LogP contribution in [-0.2, 0) is 6.54 Å². The van der Waals surface area contributed by atoms with E-state index in [-0.39, 0.29) is 6.04 Å². The number of aromatic nitrogens is 2. The second-order valence-electron chi connectivity index (χ2n) is 7.79. The van der Waals surface area contributed by atoms with Gasteiger partial charge in [-0.25, -0.2) is 0 Å². The van der Waals surface area contributed by atoms with E-state index in [1.54, 1.807) is 14.2 Å². The topological polar surface area (TPSA) is 60.6 Å². The first-order valence-electron chi connectivity index (χ1n) is 10.5. The summed E-state index contributed by atoms with van der Waals surface area (Å²) in [5, 5.41) is 4.46. The highest BCUT2D eigenvalue weighted by atomic mass is 16.5. The average Bonchev–Trinajstić information content (AvgIpc) is 3.14. The number of benzene rings is 1. The van der Waals surface area contributed by atoms with Gasteiger partial charge in [0.15, 0.2) is 17.3 Å². The molecule has 6 heteroatoms. The van der Waals surface area contributed by atoms with Crippen molar-refractivity contribution in [1.29, 1.82) is 0 Å². The number of hydrogen-bond acceptors (Lipinski definition) is 6. The van der Waals surface area contributed by atoms with Crippen molar-refractivity contribution in [2.45, 2.75) is 45.2 Å². The molecule has 2 aromatic heterocycles. The van der Waals surface area contributed by atoms with Gasteiger partial charge in [-0.3, -0.25) is 9.88 Å². The van der Waals surface area contributed by atoms with E-state index in [9.17, 15) is 0 Å². The summed E-state index contributed by atoms with van der Waals surface area (Å²) in [5.41, 5.74) is 4.06. The van der Waals surface area contributed by atoms with Crippen LogP contribution >= 0.6 is 0 Å². The normalized spacial score (nSPS) is 17.5. The van der Waals surface area contributed by atoms with E-state index in [0.717, 1.165) is 47.9 Å². The van der Waals surface area contributed by atoms with Crippen LogP contribution in [0.4, 0.5) is 0 Å². The minimum atomic E-state index is 0.229. The summed E-state index contributed by atoms with van der Waals surface area (Å²) in [4.78, 5) is 7.19. The van der Waals surface area contributed by atoms with Crippen LogP contribution in [-0.4, -0.2) is 35.8 Å². The molecule has 158 valence electrons. The summed E-state index contributed by atoms with van der Waals surface area (Å²) in [6.45, 7) is 3.90. The quantitative estimate of drug-likeness (QED) is 0.561. The Hall–Kier alpha value is -2.86. The minimum Gasteiger partial charge on any atom is -0.493 e. The lowest BCUT2D eigenvalue weighted by Gasteiger charge is -2.28. The van der Waals surface area contributed by atoms with Crippen LogP contribution in [0.3, 0.4) is 0 Å². The van der Waals surface area contributed by atoms with E-state index >= 15 is 0 Å². The van der Waals surface area contributed by atoms with E-state index in [2.05, 4.69) is 28.3 Å². The molecule has 1 saturated heterocycles. The predicted octanol–water partition coefficient (Wildman–Crippen LogP) is 5.18. The lowest BCUT2D eigenvalue weighted by atomic mass is 10.0. The Morgan fingerprint density at radius 1 is 1.03 bits per heavy atom. The Labute approximate surface area is 177 Å². The summed E-state index contributed by atoms with van der Waals surface area (Å²) in [6, 6.07) is 14.3. The molecular formula is C24H29N3O3. The molecule has 0 N–H and O–H groups in total. The van der Waals surface area contributed by atoms with Crippen LogP contribution in [0.25, 0.3) is 11.3 Å². The molecule has 4 rings (SSSR count). The molecule has 0 aliphatic carbocycles. The largest absolute Gasteiger partial charge is 0.493 e. The maximum Gasteiger partial charge on any atom is 0.167 e. The number of aryl methyl sites for hydroxylation is 1. The Balaban J connectivity index is 1.59. The molecule has 1 aromatic carbocycles. The third kappa shape index (κ3) is 4.49. The van der Waals surface area contributed by atoms with Gasteiger partial charge < -0.3 is 14.0 Å². The SMILES string of the molecule is COc1ccc(-c2cc([C@H]3CCCCCN3Cc3cccc(C)n3)no2)cc1OC. The molecule has 0 saturated carbocycles. The summed E-state index contributed by atoms with van der Waals surface area (Å²) in [6.07, 6.45) is 4.71. The Morgan fingerprint density at radius 3 is 2.70 bits per heavy atom. The standard InChI is InChI=1S/C24H29N3O3/c1-17-8-7-9-19(25-17)16-27-13-6-4-5-10-21(27)20-15-23(30-26-20)18-11-12-22(28-2)24(14-18)29-3/h7-9,11-12,14-15,21H,4-6,10,13,16H2,1-3H3/t21-/m1/s1. The minimum absolute atomic E-state index is 0.229. The third-order valence-corrected chi connectivity index (χ3v) is 5.71. The maximum atomic E-state index is 5.75. The van der Waals surface area contributed by atoms with E-state index < -0.39 is 0 Å². The molecule has 0 amide bonds. The van der Waals surface area contributed by atoms with Crippen LogP contribution < -0.4 is 9.47 Å². The smallest absolute Gasteiger partial charge is 0.167 e. The summed E-state index contributed by atoms with van der Waals surface area (Å²) >= 11 is 0. The molecule has 0 unspecified atom stereocenters. The first-order valence-corrected chi connectivity index (χ1v) is 10.5. The molecule has 3 aromatic rings. The lowest BCUT2D eigenvalue weighted by molar-refractivity contribution is 0.182. The van der Waals surface area contributed by atoms with Crippen LogP contribution in [0.5, 0.6) is 11.5 Å². The van der Waals surface area contributed by atoms with Crippen LogP contribution in [0.2, 0.25) is 0 Å². The zero-order valence-corrected chi connectivity index (χ0v) is 17.9. The molecule has 1 aliphatic heterocycles. The highest BCUT2D eigenvalue weighted by Crippen LogP contribution is 2.36. The van der Waals surface area contributed by atoms with Gasteiger partial charge in [-0.05, 0) is 56.6 Å². The molecule has 3 heterocycles. The molecule has 0 bridgehead atoms. The maximum absolute atomic E-state index is 5.75. The third-order valence-electron chi connectivity index (χ3n) is 5.71. The predicted molar refractivity (Wildman–Crippen MR) is 116 cm³/mol. The van der Waals surface area contributed by atoms with Gasteiger partial charge in [-0.2, -0.15) is 0 Å². The van der Waals surface area contributed by atoms with Gasteiger partial charge in [0, 0.05) is 23.9 Å². The summed E-state index contributed by atoms with van der Waals surface area (Å²) in [7, 11) is 3.27. The monoisotopic (exact) mass is 407 g/mol. The fourth-order valence-corrected chi connectivity index (χ4v) is 4.16. The molecule has 6 nitrogen and oxygen atoms in total. The highest BCUT2D eigenvalue weighted by Gasteiger charge is 2.26. The van der Waals surface area contributed by atoms with Crippen LogP contribution in [0.1, 0.15) is 48.8 Å². The Morgan fingerprint density at radius 2 is 1.90 bits per heavy atom. The van der Waals surface area contributed by atoms with Gasteiger partial charge >= 0.3 is 0 Å². The van der Waals surface area contributed by atoms with Gasteiger partial charge in [-0.1, -0.05) is 24.1 Å². The summed E-state index contributed by atoms with van der Waals surface area (Å²) in [5.74, 6) is 2.11. The number of pyridine rings is 1. The molecular weight excluding hydrogens is 378 g/mol. The first kappa shape index (κ1) is 20.4. The fraction of sp³-hybridized carbons (Fsp3) is 0.417. The van der Waals surface area contributed by atoms with Crippen molar-refractivity contribution >= 4 is 0 Å². The van der Waals surface area contributed by atoms with Gasteiger partial charge in [0.05, 0.1) is 26.0 Å². The van der Waals surface area contributed by atoms with Gasteiger partial charge in [-0.15, -0.1) is 0 Å². The number of ether oxygens (including phenoxy) is 2. The van der Waals surface area contributed by atoms with Crippen molar-refractivity contribution in [2.75, 3.05) is 20.8 Å². The summed E-state index contributed by atoms with van der Waals surface area (Å²) < 4.78 is 16.5.